The van der Waals surface area contributed by atoms with Gasteiger partial charge in [0.25, 0.3) is 5.91 Å². The van der Waals surface area contributed by atoms with E-state index in [9.17, 15) is 9.18 Å². The van der Waals surface area contributed by atoms with Crippen molar-refractivity contribution < 1.29 is 13.9 Å². The van der Waals surface area contributed by atoms with Crippen molar-refractivity contribution >= 4 is 11.6 Å². The van der Waals surface area contributed by atoms with E-state index in [-0.39, 0.29) is 11.7 Å². The zero-order valence-corrected chi connectivity index (χ0v) is 18.0. The van der Waals surface area contributed by atoms with Gasteiger partial charge in [0.15, 0.2) is 0 Å². The average Bonchev–Trinajstić information content (AvgIpc) is 3.22. The zero-order chi connectivity index (χ0) is 22.5. The third-order valence-electron chi connectivity index (χ3n) is 5.16. The summed E-state index contributed by atoms with van der Waals surface area (Å²) in [5.74, 6) is 0.408. The van der Waals surface area contributed by atoms with Crippen molar-refractivity contribution in [2.45, 2.75) is 27.0 Å². The number of hydrogen-bond acceptors (Lipinski definition) is 3. The highest BCUT2D eigenvalue weighted by Crippen LogP contribution is 2.23. The number of halogens is 1. The van der Waals surface area contributed by atoms with Crippen molar-refractivity contribution in [3.05, 3.63) is 113 Å². The lowest BCUT2D eigenvalue weighted by atomic mass is 10.1. The Morgan fingerprint density at radius 2 is 1.62 bits per heavy atom. The van der Waals surface area contributed by atoms with E-state index in [0.29, 0.717) is 24.4 Å². The number of benzene rings is 3. The molecule has 0 bridgehead atoms. The van der Waals surface area contributed by atoms with Crippen molar-refractivity contribution in [1.82, 2.24) is 9.78 Å². The summed E-state index contributed by atoms with van der Waals surface area (Å²) in [5.41, 5.74) is 5.25. The predicted octanol–water partition coefficient (Wildman–Crippen LogP) is 5.52. The molecule has 0 saturated carbocycles. The molecule has 0 aliphatic carbocycles. The number of aryl methyl sites for hydroxylation is 2. The Balaban J connectivity index is 1.34. The minimum absolute atomic E-state index is 0.214. The van der Waals surface area contributed by atoms with E-state index in [0.717, 1.165) is 28.0 Å². The predicted molar refractivity (Wildman–Crippen MR) is 122 cm³/mol. The van der Waals surface area contributed by atoms with Gasteiger partial charge in [0.1, 0.15) is 18.2 Å². The summed E-state index contributed by atoms with van der Waals surface area (Å²) in [6.45, 7) is 4.98. The molecule has 1 amide bonds. The molecule has 0 aliphatic heterocycles. The third kappa shape index (κ3) is 5.21. The zero-order valence-electron chi connectivity index (χ0n) is 18.0. The van der Waals surface area contributed by atoms with Gasteiger partial charge in [-0.25, -0.2) is 4.39 Å². The molecule has 4 aromatic rings. The maximum absolute atomic E-state index is 13.0. The molecule has 0 spiro atoms. The molecule has 162 valence electrons. The summed E-state index contributed by atoms with van der Waals surface area (Å²) >= 11 is 0. The van der Waals surface area contributed by atoms with Gasteiger partial charge in [-0.1, -0.05) is 42.5 Å². The van der Waals surface area contributed by atoms with Crippen LogP contribution in [0.3, 0.4) is 0 Å². The summed E-state index contributed by atoms with van der Waals surface area (Å²) in [6, 6.07) is 19.6. The van der Waals surface area contributed by atoms with Crippen molar-refractivity contribution in [2.24, 2.45) is 0 Å². The molecular formula is C26H24FN3O2. The van der Waals surface area contributed by atoms with E-state index in [1.807, 2.05) is 44.2 Å². The lowest BCUT2D eigenvalue weighted by Crippen LogP contribution is -2.11. The van der Waals surface area contributed by atoms with Gasteiger partial charge in [-0.15, -0.1) is 0 Å². The molecule has 1 N–H and O–H groups in total. The number of amides is 1. The molecule has 0 saturated heterocycles. The molecule has 3 aromatic carbocycles. The fraction of sp³-hybridized carbons (Fsp3) is 0.154. The lowest BCUT2D eigenvalue weighted by Gasteiger charge is -2.12. The molecule has 5 nitrogen and oxygen atoms in total. The van der Waals surface area contributed by atoms with Crippen LogP contribution in [0.5, 0.6) is 5.75 Å². The summed E-state index contributed by atoms with van der Waals surface area (Å²) in [7, 11) is 0. The molecule has 1 aromatic heterocycles. The molecule has 0 aliphatic rings. The topological polar surface area (TPSA) is 56.1 Å². The summed E-state index contributed by atoms with van der Waals surface area (Å²) < 4.78 is 20.7. The first-order valence-electron chi connectivity index (χ1n) is 10.3. The van der Waals surface area contributed by atoms with Crippen LogP contribution in [0.25, 0.3) is 0 Å². The van der Waals surface area contributed by atoms with Gasteiger partial charge in [0.2, 0.25) is 0 Å². The van der Waals surface area contributed by atoms with Crippen LogP contribution < -0.4 is 10.1 Å². The number of nitrogens with one attached hydrogen (secondary N) is 1. The van der Waals surface area contributed by atoms with Gasteiger partial charge in [-0.3, -0.25) is 9.48 Å². The van der Waals surface area contributed by atoms with Crippen molar-refractivity contribution in [3.8, 4) is 5.75 Å². The Morgan fingerprint density at radius 3 is 2.31 bits per heavy atom. The number of ether oxygens (including phenoxy) is 1. The smallest absolute Gasteiger partial charge is 0.255 e. The molecule has 0 unspecified atom stereocenters. The monoisotopic (exact) mass is 429 g/mol. The van der Waals surface area contributed by atoms with E-state index >= 15 is 0 Å². The average molecular weight is 429 g/mol. The maximum Gasteiger partial charge on any atom is 0.255 e. The number of nitrogens with zero attached hydrogens (tertiary/aromatic N) is 2. The van der Waals surface area contributed by atoms with Crippen LogP contribution >= 0.6 is 0 Å². The summed E-state index contributed by atoms with van der Waals surface area (Å²) in [4.78, 5) is 12.6. The largest absolute Gasteiger partial charge is 0.488 e. The Hall–Kier alpha value is -3.93. The second-order valence-electron chi connectivity index (χ2n) is 7.71. The number of carbonyl (C=O) groups excluding carboxylic acids is 1. The lowest BCUT2D eigenvalue weighted by molar-refractivity contribution is 0.102. The molecule has 0 fully saturated rings. The second kappa shape index (κ2) is 9.47. The Morgan fingerprint density at radius 1 is 0.969 bits per heavy atom. The van der Waals surface area contributed by atoms with Gasteiger partial charge in [-0.2, -0.15) is 5.10 Å². The highest BCUT2D eigenvalue weighted by atomic mass is 19.1. The normalized spacial score (nSPS) is 10.7. The van der Waals surface area contributed by atoms with E-state index in [1.54, 1.807) is 41.3 Å². The Labute approximate surface area is 186 Å². The number of anilines is 1. The first-order valence-corrected chi connectivity index (χ1v) is 10.3. The van der Waals surface area contributed by atoms with E-state index in [2.05, 4.69) is 10.4 Å². The molecule has 32 heavy (non-hydrogen) atoms. The van der Waals surface area contributed by atoms with E-state index in [4.69, 9.17) is 4.74 Å². The molecular weight excluding hydrogens is 405 g/mol. The fourth-order valence-electron chi connectivity index (χ4n) is 3.43. The highest BCUT2D eigenvalue weighted by Gasteiger charge is 2.09. The standard InChI is InChI=1S/C26H24FN3O2/c1-18-4-3-5-19(2)25(18)32-17-21-6-10-22(11-7-21)26(31)29-24-14-28-30(16-24)15-20-8-12-23(27)13-9-20/h3-14,16H,15,17H2,1-2H3,(H,29,31). The van der Waals surface area contributed by atoms with Gasteiger partial charge in [0, 0.05) is 11.8 Å². The molecule has 6 heteroatoms. The summed E-state index contributed by atoms with van der Waals surface area (Å²) in [6.07, 6.45) is 3.34. The van der Waals surface area contributed by atoms with Crippen molar-refractivity contribution in [1.29, 1.82) is 0 Å². The van der Waals surface area contributed by atoms with Crippen LogP contribution in [0, 0.1) is 19.7 Å². The first kappa shape index (κ1) is 21.3. The third-order valence-corrected chi connectivity index (χ3v) is 5.16. The van der Waals surface area contributed by atoms with Crippen LogP contribution in [0.4, 0.5) is 10.1 Å². The first-order chi connectivity index (χ1) is 15.5. The van der Waals surface area contributed by atoms with Crippen LogP contribution in [-0.2, 0) is 13.2 Å². The number of para-hydroxylation sites is 1. The van der Waals surface area contributed by atoms with Gasteiger partial charge >= 0.3 is 0 Å². The van der Waals surface area contributed by atoms with Crippen LogP contribution in [0.15, 0.2) is 79.1 Å². The van der Waals surface area contributed by atoms with Crippen molar-refractivity contribution in [3.63, 3.8) is 0 Å². The van der Waals surface area contributed by atoms with Gasteiger partial charge in [0.05, 0.1) is 18.4 Å². The number of rotatable bonds is 7. The number of carbonyl (C=O) groups is 1. The molecule has 0 radical (unpaired) electrons. The van der Waals surface area contributed by atoms with Crippen LogP contribution in [-0.4, -0.2) is 15.7 Å². The van der Waals surface area contributed by atoms with Crippen LogP contribution in [0.1, 0.15) is 32.6 Å². The number of aromatic nitrogens is 2. The van der Waals surface area contributed by atoms with Crippen LogP contribution in [0.2, 0.25) is 0 Å². The van der Waals surface area contributed by atoms with E-state index in [1.165, 1.54) is 12.1 Å². The minimum Gasteiger partial charge on any atom is -0.488 e. The summed E-state index contributed by atoms with van der Waals surface area (Å²) in [5, 5.41) is 7.11. The molecule has 1 heterocycles. The van der Waals surface area contributed by atoms with Gasteiger partial charge < -0.3 is 10.1 Å². The second-order valence-corrected chi connectivity index (χ2v) is 7.71. The Kier molecular flexibility index (Phi) is 6.31. The Bertz CT molecular complexity index is 1190. The quantitative estimate of drug-likeness (QED) is 0.421. The maximum atomic E-state index is 13.0. The number of hydrogen-bond donors (Lipinski definition) is 1. The van der Waals surface area contributed by atoms with Gasteiger partial charge in [-0.05, 0) is 60.4 Å². The van der Waals surface area contributed by atoms with E-state index < -0.39 is 0 Å². The van der Waals surface area contributed by atoms with Crippen molar-refractivity contribution in [2.75, 3.05) is 5.32 Å². The molecule has 0 atom stereocenters. The fourth-order valence-corrected chi connectivity index (χ4v) is 3.43. The highest BCUT2D eigenvalue weighted by molar-refractivity contribution is 6.04. The SMILES string of the molecule is Cc1cccc(C)c1OCc1ccc(C(=O)Nc2cnn(Cc3ccc(F)cc3)c2)cc1. The minimum atomic E-state index is -0.273. The molecule has 4 rings (SSSR count).